The molecule has 2 rings (SSSR count). The lowest BCUT2D eigenvalue weighted by Gasteiger charge is -2.02. The summed E-state index contributed by atoms with van der Waals surface area (Å²) in [7, 11) is 0. The van der Waals surface area contributed by atoms with Crippen LogP contribution >= 0.6 is 15.9 Å². The van der Waals surface area contributed by atoms with Crippen molar-refractivity contribution in [3.63, 3.8) is 0 Å². The average Bonchev–Trinajstić information content (AvgIpc) is 2.96. The summed E-state index contributed by atoms with van der Waals surface area (Å²) in [5, 5.41) is 16.4. The maximum atomic E-state index is 7.66. The zero-order valence-corrected chi connectivity index (χ0v) is 15.0. The summed E-state index contributed by atoms with van der Waals surface area (Å²) in [5.74, 6) is 5.01. The molecule has 0 spiro atoms. The van der Waals surface area contributed by atoms with Gasteiger partial charge in [-0.1, -0.05) is 45.5 Å². The fraction of sp³-hybridized carbons (Fsp3) is 0.235. The topological polar surface area (TPSA) is 79.5 Å². The van der Waals surface area contributed by atoms with Gasteiger partial charge in [0.15, 0.2) is 5.84 Å². The summed E-state index contributed by atoms with van der Waals surface area (Å²) in [4.78, 5) is 0. The molecule has 0 aliphatic carbocycles. The normalized spacial score (nSPS) is 11.4. The van der Waals surface area contributed by atoms with Crippen LogP contribution in [0.15, 0.2) is 65.1 Å². The summed E-state index contributed by atoms with van der Waals surface area (Å²) >= 11 is 3.22. The second-order valence-corrected chi connectivity index (χ2v) is 5.25. The van der Waals surface area contributed by atoms with Crippen LogP contribution in [-0.2, 0) is 6.54 Å². The largest absolute Gasteiger partial charge is 0.344 e. The summed E-state index contributed by atoms with van der Waals surface area (Å²) in [6.07, 6.45) is 10.2. The van der Waals surface area contributed by atoms with Gasteiger partial charge in [0.05, 0.1) is 0 Å². The van der Waals surface area contributed by atoms with Crippen LogP contribution in [0.2, 0.25) is 0 Å². The molecule has 0 unspecified atom stereocenters. The molecule has 2 aromatic rings. The van der Waals surface area contributed by atoms with Crippen LogP contribution in [0.5, 0.6) is 0 Å². The molecule has 0 fully saturated rings. The van der Waals surface area contributed by atoms with Gasteiger partial charge in [-0.25, -0.2) is 0 Å². The Morgan fingerprint density at radius 3 is 2.57 bits per heavy atom. The predicted octanol–water partition coefficient (Wildman–Crippen LogP) is 4.83. The average molecular weight is 376 g/mol. The number of halogens is 1. The van der Waals surface area contributed by atoms with E-state index in [-0.39, 0.29) is 5.84 Å². The number of hydrogen-bond acceptors (Lipinski definition) is 2. The lowest BCUT2D eigenvalue weighted by Crippen LogP contribution is -1.96. The molecule has 5 nitrogen and oxygen atoms in total. The number of nitrogens with zero attached hydrogens (tertiary/aromatic N) is 3. The number of nitrogens with two attached hydrogens (primary N) is 1. The second-order valence-electron chi connectivity index (χ2n) is 4.60. The van der Waals surface area contributed by atoms with Crippen molar-refractivity contribution in [2.75, 3.05) is 5.33 Å². The van der Waals surface area contributed by atoms with Gasteiger partial charge in [-0.05, 0) is 38.1 Å². The molecule has 0 aliphatic heterocycles. The van der Waals surface area contributed by atoms with Gasteiger partial charge in [-0.2, -0.15) is 0 Å². The van der Waals surface area contributed by atoms with E-state index in [4.69, 9.17) is 11.3 Å². The van der Waals surface area contributed by atoms with Crippen LogP contribution in [0.25, 0.3) is 10.9 Å². The Hall–Kier alpha value is -2.21. The Labute approximate surface area is 145 Å². The van der Waals surface area contributed by atoms with Crippen molar-refractivity contribution in [3.8, 4) is 0 Å². The van der Waals surface area contributed by atoms with Gasteiger partial charge in [-0.3, -0.25) is 5.41 Å². The molecule has 0 saturated heterocycles. The minimum Gasteiger partial charge on any atom is -0.344 e. The standard InChI is InChI=1S/C13H15N5.C4H7Br/c1-2-3-7-18-8-6-10-9-11(4-5-12(10)18)13(14)16-17-15;1-2-3-4-5/h2-6,8-9H,7H2,1H3,(H3,14,15,16);2-3H,4H2,1H3/b3-2+;3-2-. The number of nitrogens with one attached hydrogen (secondary N) is 1. The maximum absolute atomic E-state index is 7.66. The molecule has 0 bridgehead atoms. The highest BCUT2D eigenvalue weighted by atomic mass is 79.9. The number of fused-ring (bicyclic) bond motifs is 1. The van der Waals surface area contributed by atoms with Gasteiger partial charge in [0, 0.05) is 34.5 Å². The number of allylic oxidation sites excluding steroid dienone is 4. The third kappa shape index (κ3) is 5.83. The fourth-order valence-electron chi connectivity index (χ4n) is 1.93. The number of aromatic nitrogens is 1. The molecule has 1 aromatic heterocycles. The summed E-state index contributed by atoms with van der Waals surface area (Å²) < 4.78 is 2.15. The number of alkyl halides is 1. The molecule has 23 heavy (non-hydrogen) atoms. The minimum atomic E-state index is 0.0700. The smallest absolute Gasteiger partial charge is 0.176 e. The number of benzene rings is 1. The molecule has 0 amide bonds. The van der Waals surface area contributed by atoms with E-state index >= 15 is 0 Å². The molecule has 0 atom stereocenters. The molecule has 0 aliphatic rings. The molecular formula is C17H22BrN5. The van der Waals surface area contributed by atoms with Gasteiger partial charge in [-0.15, -0.1) is 5.11 Å². The maximum Gasteiger partial charge on any atom is 0.176 e. The number of amidine groups is 1. The Kier molecular flexibility index (Phi) is 8.60. The van der Waals surface area contributed by atoms with Crippen LogP contribution < -0.4 is 5.84 Å². The van der Waals surface area contributed by atoms with Crippen molar-refractivity contribution in [3.05, 3.63) is 60.3 Å². The van der Waals surface area contributed by atoms with Crippen molar-refractivity contribution in [2.45, 2.75) is 20.4 Å². The Morgan fingerprint density at radius 1 is 1.26 bits per heavy atom. The van der Waals surface area contributed by atoms with Crippen molar-refractivity contribution in [1.29, 1.82) is 5.41 Å². The summed E-state index contributed by atoms with van der Waals surface area (Å²) in [5.41, 5.74) is 1.84. The molecule has 0 radical (unpaired) electrons. The molecular weight excluding hydrogens is 354 g/mol. The van der Waals surface area contributed by atoms with Gasteiger partial charge < -0.3 is 10.4 Å². The van der Waals surface area contributed by atoms with E-state index in [1.807, 2.05) is 62.5 Å². The third-order valence-electron chi connectivity index (χ3n) is 3.06. The highest BCUT2D eigenvalue weighted by Crippen LogP contribution is 2.18. The number of rotatable bonds is 4. The first-order valence-corrected chi connectivity index (χ1v) is 8.37. The second kappa shape index (κ2) is 10.5. The molecule has 0 saturated carbocycles. The summed E-state index contributed by atoms with van der Waals surface area (Å²) in [6.45, 7) is 4.85. The van der Waals surface area contributed by atoms with Crippen LogP contribution in [0, 0.1) is 5.41 Å². The van der Waals surface area contributed by atoms with Gasteiger partial charge in [0.1, 0.15) is 0 Å². The van der Waals surface area contributed by atoms with E-state index in [1.165, 1.54) is 0 Å². The third-order valence-corrected chi connectivity index (χ3v) is 3.44. The monoisotopic (exact) mass is 375 g/mol. The van der Waals surface area contributed by atoms with Crippen LogP contribution in [0.4, 0.5) is 0 Å². The minimum absolute atomic E-state index is 0.0700. The summed E-state index contributed by atoms with van der Waals surface area (Å²) in [6, 6.07) is 7.77. The SMILES string of the molecule is C/C=C/Cn1ccc2cc(C(=N)N=NN)ccc21.C/C=C\CBr. The zero-order valence-electron chi connectivity index (χ0n) is 13.4. The fourth-order valence-corrected chi connectivity index (χ4v) is 2.30. The first-order chi connectivity index (χ1) is 11.2. The lowest BCUT2D eigenvalue weighted by atomic mass is 10.1. The first kappa shape index (κ1) is 18.8. The van der Waals surface area contributed by atoms with Gasteiger partial charge in [0.2, 0.25) is 0 Å². The predicted molar refractivity (Wildman–Crippen MR) is 101 cm³/mol. The number of hydrogen-bond donors (Lipinski definition) is 2. The molecule has 6 heteroatoms. The van der Waals surface area contributed by atoms with Crippen LogP contribution in [0.3, 0.4) is 0 Å². The molecule has 1 heterocycles. The van der Waals surface area contributed by atoms with E-state index in [0.29, 0.717) is 5.56 Å². The zero-order chi connectivity index (χ0) is 17.1. The molecule has 1 aromatic carbocycles. The Morgan fingerprint density at radius 2 is 2.00 bits per heavy atom. The van der Waals surface area contributed by atoms with Crippen molar-refractivity contribution >= 4 is 32.7 Å². The quantitative estimate of drug-likeness (QED) is 0.150. The van der Waals surface area contributed by atoms with Gasteiger partial charge >= 0.3 is 0 Å². The Bertz CT molecular complexity index is 713. The van der Waals surface area contributed by atoms with Crippen molar-refractivity contribution < 1.29 is 0 Å². The van der Waals surface area contributed by atoms with E-state index in [0.717, 1.165) is 22.8 Å². The highest BCUT2D eigenvalue weighted by molar-refractivity contribution is 9.09. The van der Waals surface area contributed by atoms with Crippen LogP contribution in [0.1, 0.15) is 19.4 Å². The first-order valence-electron chi connectivity index (χ1n) is 7.25. The highest BCUT2D eigenvalue weighted by Gasteiger charge is 2.04. The molecule has 122 valence electrons. The lowest BCUT2D eigenvalue weighted by molar-refractivity contribution is 0.862. The molecule has 3 N–H and O–H groups in total. The van der Waals surface area contributed by atoms with Crippen LogP contribution in [-0.4, -0.2) is 15.7 Å². The van der Waals surface area contributed by atoms with E-state index in [1.54, 1.807) is 0 Å². The van der Waals surface area contributed by atoms with Crippen molar-refractivity contribution in [1.82, 2.24) is 4.57 Å². The van der Waals surface area contributed by atoms with E-state index in [9.17, 15) is 0 Å². The Balaban J connectivity index is 0.000000463. The van der Waals surface area contributed by atoms with Gasteiger partial charge in [0.25, 0.3) is 0 Å². The van der Waals surface area contributed by atoms with E-state index in [2.05, 4.69) is 36.9 Å². The van der Waals surface area contributed by atoms with E-state index < -0.39 is 0 Å². The van der Waals surface area contributed by atoms with Crippen molar-refractivity contribution in [2.24, 2.45) is 16.2 Å².